The number of aromatic nitrogens is 2. The van der Waals surface area contributed by atoms with E-state index in [9.17, 15) is 13.2 Å². The lowest BCUT2D eigenvalue weighted by atomic mass is 10.6. The van der Waals surface area contributed by atoms with Crippen LogP contribution in [0.5, 0.6) is 0 Å². The maximum atomic E-state index is 11.3. The van der Waals surface area contributed by atoms with Crippen molar-refractivity contribution >= 4 is 27.1 Å². The molecule has 0 unspecified atom stereocenters. The van der Waals surface area contributed by atoms with Crippen LogP contribution < -0.4 is 0 Å². The summed E-state index contributed by atoms with van der Waals surface area (Å²) in [6, 6.07) is 0. The van der Waals surface area contributed by atoms with Crippen molar-refractivity contribution in [3.8, 4) is 0 Å². The molecule has 0 bridgehead atoms. The van der Waals surface area contributed by atoms with Crippen molar-refractivity contribution in [3.63, 3.8) is 0 Å². The van der Waals surface area contributed by atoms with Gasteiger partial charge in [0.15, 0.2) is 0 Å². The van der Waals surface area contributed by atoms with Crippen LogP contribution in [-0.4, -0.2) is 49.8 Å². The van der Waals surface area contributed by atoms with Crippen LogP contribution in [0.4, 0.5) is 0 Å². The van der Waals surface area contributed by atoms with E-state index in [0.717, 1.165) is 17.6 Å². The molecule has 0 radical (unpaired) electrons. The molecule has 0 N–H and O–H groups in total. The molecule has 1 aromatic heterocycles. The van der Waals surface area contributed by atoms with Gasteiger partial charge in [-0.25, -0.2) is 8.42 Å². The van der Waals surface area contributed by atoms with E-state index in [-0.39, 0.29) is 15.3 Å². The van der Waals surface area contributed by atoms with Gasteiger partial charge in [0.2, 0.25) is 19.2 Å². The number of rotatable bonds is 2. The number of carbonyl (C=O) groups is 1. The highest BCUT2D eigenvalue weighted by molar-refractivity contribution is 7.92. The van der Waals surface area contributed by atoms with Crippen molar-refractivity contribution in [3.05, 3.63) is 5.01 Å². The summed E-state index contributed by atoms with van der Waals surface area (Å²) in [5, 5.41) is 7.01. The minimum Gasteiger partial charge on any atom is -0.343 e. The minimum absolute atomic E-state index is 0.0791. The first-order valence-corrected chi connectivity index (χ1v) is 6.28. The Morgan fingerprint density at radius 3 is 2.29 bits per heavy atom. The Hall–Kier alpha value is -1.02. The fourth-order valence-electron chi connectivity index (χ4n) is 0.637. The molecule has 1 heterocycles. The third kappa shape index (κ3) is 2.26. The van der Waals surface area contributed by atoms with Gasteiger partial charge in [0.25, 0.3) is 5.91 Å². The third-order valence-corrected chi connectivity index (χ3v) is 3.89. The van der Waals surface area contributed by atoms with Crippen LogP contribution in [0.1, 0.15) is 9.80 Å². The molecule has 1 aromatic rings. The van der Waals surface area contributed by atoms with Gasteiger partial charge in [0, 0.05) is 20.4 Å². The van der Waals surface area contributed by atoms with Crippen molar-refractivity contribution < 1.29 is 13.2 Å². The zero-order valence-electron chi connectivity index (χ0n) is 7.88. The van der Waals surface area contributed by atoms with Gasteiger partial charge in [-0.3, -0.25) is 4.79 Å². The number of sulfone groups is 1. The first-order valence-electron chi connectivity index (χ1n) is 3.57. The van der Waals surface area contributed by atoms with Crippen LogP contribution in [0.3, 0.4) is 0 Å². The molecule has 0 atom stereocenters. The molecule has 0 aliphatic heterocycles. The van der Waals surface area contributed by atoms with Crippen LogP contribution in [-0.2, 0) is 9.84 Å². The van der Waals surface area contributed by atoms with Gasteiger partial charge in [-0.2, -0.15) is 0 Å². The van der Waals surface area contributed by atoms with Gasteiger partial charge in [-0.15, -0.1) is 10.2 Å². The van der Waals surface area contributed by atoms with Crippen LogP contribution in [0.15, 0.2) is 4.34 Å². The first kappa shape index (κ1) is 11.1. The molecule has 0 saturated heterocycles. The summed E-state index contributed by atoms with van der Waals surface area (Å²) in [5.41, 5.74) is 0. The maximum absolute atomic E-state index is 11.3. The summed E-state index contributed by atoms with van der Waals surface area (Å²) in [5.74, 6) is -0.350. The summed E-state index contributed by atoms with van der Waals surface area (Å²) in [7, 11) is -0.248. The quantitative estimate of drug-likeness (QED) is 0.699. The van der Waals surface area contributed by atoms with E-state index in [1.165, 1.54) is 4.90 Å². The normalized spacial score (nSPS) is 11.4. The number of nitrogens with zero attached hydrogens (tertiary/aromatic N) is 3. The second-order valence-corrected chi connectivity index (χ2v) is 6.01. The van der Waals surface area contributed by atoms with Crippen molar-refractivity contribution in [2.75, 3.05) is 20.4 Å². The highest BCUT2D eigenvalue weighted by atomic mass is 32.2. The summed E-state index contributed by atoms with van der Waals surface area (Å²) < 4.78 is 21.9. The fraction of sp³-hybridized carbons (Fsp3) is 0.500. The number of carbonyl (C=O) groups excluding carboxylic acids is 1. The Morgan fingerprint density at radius 2 is 1.93 bits per heavy atom. The second-order valence-electron chi connectivity index (χ2n) is 2.84. The van der Waals surface area contributed by atoms with E-state index in [1.807, 2.05) is 0 Å². The number of hydrogen-bond donors (Lipinski definition) is 0. The molecule has 0 fully saturated rings. The van der Waals surface area contributed by atoms with Gasteiger partial charge in [0.05, 0.1) is 0 Å². The lowest BCUT2D eigenvalue weighted by Crippen LogP contribution is -2.21. The zero-order valence-corrected chi connectivity index (χ0v) is 9.52. The average Bonchev–Trinajstić information content (AvgIpc) is 2.49. The van der Waals surface area contributed by atoms with Crippen LogP contribution in [0.25, 0.3) is 0 Å². The van der Waals surface area contributed by atoms with Crippen LogP contribution >= 0.6 is 11.3 Å². The molecule has 8 heteroatoms. The van der Waals surface area contributed by atoms with Gasteiger partial charge in [0.1, 0.15) is 0 Å². The molecular weight excluding hydrogens is 226 g/mol. The first-order chi connectivity index (χ1) is 6.32. The molecule has 0 aliphatic carbocycles. The van der Waals surface area contributed by atoms with Crippen LogP contribution in [0, 0.1) is 0 Å². The highest BCUT2D eigenvalue weighted by Crippen LogP contribution is 2.15. The van der Waals surface area contributed by atoms with E-state index in [2.05, 4.69) is 10.2 Å². The Labute approximate surface area is 85.5 Å². The van der Waals surface area contributed by atoms with E-state index < -0.39 is 9.84 Å². The standard InChI is InChI=1S/C6H9N3O3S2/c1-9(2)5(10)4-7-8-6(13-4)14(3,11)12/h1-3H3. The molecule has 1 amide bonds. The monoisotopic (exact) mass is 235 g/mol. The van der Waals surface area contributed by atoms with Gasteiger partial charge in [-0.1, -0.05) is 11.3 Å². The zero-order chi connectivity index (χ0) is 10.9. The topological polar surface area (TPSA) is 80.2 Å². The molecule has 0 aliphatic rings. The summed E-state index contributed by atoms with van der Waals surface area (Å²) in [6.07, 6.45) is 1.03. The van der Waals surface area contributed by atoms with Gasteiger partial charge < -0.3 is 4.90 Å². The molecule has 1 rings (SSSR count). The van der Waals surface area contributed by atoms with Gasteiger partial charge >= 0.3 is 0 Å². The lowest BCUT2D eigenvalue weighted by Gasteiger charge is -2.05. The van der Waals surface area contributed by atoms with E-state index in [1.54, 1.807) is 14.1 Å². The SMILES string of the molecule is CN(C)C(=O)c1nnc(S(C)(=O)=O)s1. The average molecular weight is 235 g/mol. The van der Waals surface area contributed by atoms with Crippen molar-refractivity contribution in [2.24, 2.45) is 0 Å². The Kier molecular flexibility index (Phi) is 2.86. The predicted octanol–water partition coefficient (Wildman–Crippen LogP) is -0.357. The van der Waals surface area contributed by atoms with Crippen molar-refractivity contribution in [2.45, 2.75) is 4.34 Å². The second kappa shape index (κ2) is 3.62. The molecule has 0 spiro atoms. The van der Waals surface area contributed by atoms with E-state index in [0.29, 0.717) is 0 Å². The Balaban J connectivity index is 3.07. The largest absolute Gasteiger partial charge is 0.343 e. The minimum atomic E-state index is -3.37. The van der Waals surface area contributed by atoms with Crippen LogP contribution in [0.2, 0.25) is 0 Å². The van der Waals surface area contributed by atoms with E-state index >= 15 is 0 Å². The Morgan fingerprint density at radius 1 is 1.36 bits per heavy atom. The summed E-state index contributed by atoms with van der Waals surface area (Å²) in [4.78, 5) is 12.6. The van der Waals surface area contributed by atoms with Gasteiger partial charge in [-0.05, 0) is 0 Å². The number of hydrogen-bond acceptors (Lipinski definition) is 6. The number of amides is 1. The molecule has 6 nitrogen and oxygen atoms in total. The van der Waals surface area contributed by atoms with E-state index in [4.69, 9.17) is 0 Å². The molecule has 0 saturated carbocycles. The Bertz CT molecular complexity index is 449. The van der Waals surface area contributed by atoms with Crippen molar-refractivity contribution in [1.82, 2.24) is 15.1 Å². The summed E-state index contributed by atoms with van der Waals surface area (Å²) in [6.45, 7) is 0. The molecule has 78 valence electrons. The van der Waals surface area contributed by atoms with Crippen molar-refractivity contribution in [1.29, 1.82) is 0 Å². The maximum Gasteiger partial charge on any atom is 0.284 e. The lowest BCUT2D eigenvalue weighted by molar-refractivity contribution is 0.0826. The molecular formula is C6H9N3O3S2. The molecule has 14 heavy (non-hydrogen) atoms. The fourth-order valence-corrected chi connectivity index (χ4v) is 2.27. The smallest absolute Gasteiger partial charge is 0.284 e. The predicted molar refractivity (Wildman–Crippen MR) is 51.0 cm³/mol. The molecule has 0 aromatic carbocycles. The third-order valence-electron chi connectivity index (χ3n) is 1.31. The summed E-state index contributed by atoms with van der Waals surface area (Å²) >= 11 is 0.775. The highest BCUT2D eigenvalue weighted by Gasteiger charge is 2.19.